The lowest BCUT2D eigenvalue weighted by atomic mass is 9.58. The zero-order valence-corrected chi connectivity index (χ0v) is 12.9. The lowest BCUT2D eigenvalue weighted by Crippen LogP contribution is -2.45. The van der Waals surface area contributed by atoms with Crippen LogP contribution in [-0.4, -0.2) is 23.8 Å². The second-order valence-corrected chi connectivity index (χ2v) is 7.32. The van der Waals surface area contributed by atoms with Crippen molar-refractivity contribution < 1.29 is 14.6 Å². The molecule has 3 nitrogen and oxygen atoms in total. The first-order chi connectivity index (χ1) is 9.56. The number of rotatable bonds is 2. The molecular weight excluding hydrogens is 252 g/mol. The van der Waals surface area contributed by atoms with Crippen LogP contribution in [0.5, 0.6) is 0 Å². The van der Waals surface area contributed by atoms with E-state index in [1.807, 2.05) is 6.92 Å². The molecule has 20 heavy (non-hydrogen) atoms. The van der Waals surface area contributed by atoms with Crippen LogP contribution in [0.15, 0.2) is 0 Å². The Morgan fingerprint density at radius 2 is 1.80 bits per heavy atom. The van der Waals surface area contributed by atoms with Crippen LogP contribution in [0.1, 0.15) is 46.5 Å². The highest BCUT2D eigenvalue weighted by Crippen LogP contribution is 2.59. The molecule has 0 bridgehead atoms. The maximum atomic E-state index is 12.3. The van der Waals surface area contributed by atoms with Crippen LogP contribution >= 0.6 is 0 Å². The number of esters is 1. The van der Waals surface area contributed by atoms with Gasteiger partial charge in [0.1, 0.15) is 0 Å². The maximum Gasteiger partial charge on any atom is 0.309 e. The largest absolute Gasteiger partial charge is 0.466 e. The van der Waals surface area contributed by atoms with Crippen molar-refractivity contribution in [3.8, 4) is 0 Å². The van der Waals surface area contributed by atoms with E-state index < -0.39 is 0 Å². The Labute approximate surface area is 122 Å². The predicted octanol–water partition coefficient (Wildman–Crippen LogP) is 2.86. The van der Waals surface area contributed by atoms with Crippen molar-refractivity contribution in [2.45, 2.75) is 52.6 Å². The standard InChI is InChI=1S/C17H28O3/c1-4-20-17(19)13-8-7-11-9(2)5-6-12-10(3)16(18)15(13)14(11)12/h9-16,18H,4-8H2,1-3H3/t9-,10-,11-,12+,13+,14-,15-,16-/m1/s1. The highest BCUT2D eigenvalue weighted by Gasteiger charge is 2.58. The number of carbonyl (C=O) groups excluding carboxylic acids is 1. The van der Waals surface area contributed by atoms with Crippen LogP contribution in [0.4, 0.5) is 0 Å². The number of carbonyl (C=O) groups is 1. The molecule has 3 fully saturated rings. The average Bonchev–Trinajstić information content (AvgIpc) is 2.69. The van der Waals surface area contributed by atoms with Gasteiger partial charge in [0, 0.05) is 5.92 Å². The number of hydrogen-bond donors (Lipinski definition) is 1. The molecule has 114 valence electrons. The summed E-state index contributed by atoms with van der Waals surface area (Å²) >= 11 is 0. The van der Waals surface area contributed by atoms with E-state index in [0.29, 0.717) is 30.3 Å². The van der Waals surface area contributed by atoms with Crippen molar-refractivity contribution in [3.63, 3.8) is 0 Å². The van der Waals surface area contributed by atoms with Gasteiger partial charge in [0.25, 0.3) is 0 Å². The molecule has 3 saturated carbocycles. The van der Waals surface area contributed by atoms with Crippen molar-refractivity contribution in [1.29, 1.82) is 0 Å². The molecule has 3 aliphatic rings. The summed E-state index contributed by atoms with van der Waals surface area (Å²) in [6.45, 7) is 6.85. The highest BCUT2D eigenvalue weighted by molar-refractivity contribution is 5.73. The second-order valence-electron chi connectivity index (χ2n) is 7.32. The van der Waals surface area contributed by atoms with Gasteiger partial charge in [-0.15, -0.1) is 0 Å². The Bertz CT molecular complexity index is 378. The third kappa shape index (κ3) is 2.01. The molecule has 3 rings (SSSR count). The number of aliphatic hydroxyl groups excluding tert-OH is 1. The minimum absolute atomic E-state index is 0.0658. The monoisotopic (exact) mass is 280 g/mol. The molecule has 8 atom stereocenters. The van der Waals surface area contributed by atoms with Gasteiger partial charge in [0.05, 0.1) is 18.6 Å². The molecule has 0 aromatic rings. The van der Waals surface area contributed by atoms with E-state index in [-0.39, 0.29) is 23.9 Å². The van der Waals surface area contributed by atoms with Crippen LogP contribution in [0.2, 0.25) is 0 Å². The van der Waals surface area contributed by atoms with Gasteiger partial charge in [-0.25, -0.2) is 0 Å². The Kier molecular flexibility index (Phi) is 3.83. The van der Waals surface area contributed by atoms with Crippen LogP contribution in [0.25, 0.3) is 0 Å². The molecule has 0 radical (unpaired) electrons. The molecule has 0 aromatic heterocycles. The van der Waals surface area contributed by atoms with Gasteiger partial charge in [0.15, 0.2) is 0 Å². The maximum absolute atomic E-state index is 12.3. The molecule has 0 spiro atoms. The molecule has 0 saturated heterocycles. The second kappa shape index (κ2) is 5.32. The molecule has 1 N–H and O–H groups in total. The molecular formula is C17H28O3. The fourth-order valence-corrected chi connectivity index (χ4v) is 5.65. The van der Waals surface area contributed by atoms with Crippen LogP contribution in [0.3, 0.4) is 0 Å². The number of ether oxygens (including phenoxy) is 1. The summed E-state index contributed by atoms with van der Waals surface area (Å²) in [4.78, 5) is 12.3. The minimum Gasteiger partial charge on any atom is -0.466 e. The van der Waals surface area contributed by atoms with Gasteiger partial charge in [-0.1, -0.05) is 20.3 Å². The van der Waals surface area contributed by atoms with E-state index in [9.17, 15) is 9.90 Å². The summed E-state index contributed by atoms with van der Waals surface area (Å²) < 4.78 is 5.27. The first kappa shape index (κ1) is 14.4. The van der Waals surface area contributed by atoms with E-state index in [1.165, 1.54) is 12.8 Å². The summed E-state index contributed by atoms with van der Waals surface area (Å²) in [6, 6.07) is 0. The minimum atomic E-state index is -0.312. The normalized spacial score (nSPS) is 50.6. The highest BCUT2D eigenvalue weighted by atomic mass is 16.5. The quantitative estimate of drug-likeness (QED) is 0.791. The van der Waals surface area contributed by atoms with Gasteiger partial charge in [-0.2, -0.15) is 0 Å². The topological polar surface area (TPSA) is 46.5 Å². The first-order valence-electron chi connectivity index (χ1n) is 8.41. The van der Waals surface area contributed by atoms with Crippen molar-refractivity contribution in [1.82, 2.24) is 0 Å². The molecule has 3 aliphatic carbocycles. The van der Waals surface area contributed by atoms with E-state index in [1.54, 1.807) is 0 Å². The van der Waals surface area contributed by atoms with E-state index in [0.717, 1.165) is 18.8 Å². The Hall–Kier alpha value is -0.570. The van der Waals surface area contributed by atoms with Crippen molar-refractivity contribution in [2.24, 2.45) is 41.4 Å². The lowest BCUT2D eigenvalue weighted by Gasteiger charge is -2.47. The van der Waals surface area contributed by atoms with Crippen LogP contribution < -0.4 is 0 Å². The summed E-state index contributed by atoms with van der Waals surface area (Å²) in [7, 11) is 0. The third-order valence-corrected chi connectivity index (χ3v) is 6.59. The van der Waals surface area contributed by atoms with Gasteiger partial charge in [-0.3, -0.25) is 4.79 Å². The zero-order chi connectivity index (χ0) is 14.4. The summed E-state index contributed by atoms with van der Waals surface area (Å²) in [5.41, 5.74) is 0. The number of hydrogen-bond acceptors (Lipinski definition) is 3. The average molecular weight is 280 g/mol. The Balaban J connectivity index is 1.88. The fraction of sp³-hybridized carbons (Fsp3) is 0.941. The van der Waals surface area contributed by atoms with Gasteiger partial charge in [0.2, 0.25) is 0 Å². The Morgan fingerprint density at radius 3 is 2.50 bits per heavy atom. The first-order valence-corrected chi connectivity index (χ1v) is 8.41. The predicted molar refractivity (Wildman–Crippen MR) is 76.9 cm³/mol. The van der Waals surface area contributed by atoms with Gasteiger partial charge < -0.3 is 9.84 Å². The van der Waals surface area contributed by atoms with Gasteiger partial charge >= 0.3 is 5.97 Å². The smallest absolute Gasteiger partial charge is 0.309 e. The van der Waals surface area contributed by atoms with Crippen molar-refractivity contribution in [3.05, 3.63) is 0 Å². The Morgan fingerprint density at radius 1 is 1.10 bits per heavy atom. The summed E-state index contributed by atoms with van der Waals surface area (Å²) in [6.07, 6.45) is 4.26. The van der Waals surface area contributed by atoms with Crippen LogP contribution in [-0.2, 0) is 9.53 Å². The number of aliphatic hydroxyl groups is 1. The molecule has 0 amide bonds. The summed E-state index contributed by atoms with van der Waals surface area (Å²) in [5, 5.41) is 10.7. The van der Waals surface area contributed by atoms with E-state index >= 15 is 0 Å². The lowest BCUT2D eigenvalue weighted by molar-refractivity contribution is -0.156. The van der Waals surface area contributed by atoms with Gasteiger partial charge in [-0.05, 0) is 55.8 Å². The summed E-state index contributed by atoms with van der Waals surface area (Å²) in [5.74, 6) is 2.99. The molecule has 0 heterocycles. The molecule has 0 unspecified atom stereocenters. The van der Waals surface area contributed by atoms with Crippen molar-refractivity contribution in [2.75, 3.05) is 6.61 Å². The molecule has 3 heteroatoms. The van der Waals surface area contributed by atoms with E-state index in [2.05, 4.69) is 13.8 Å². The SMILES string of the molecule is CCOC(=O)[C@H]1CC[C@H]2[C@@H]3[C@@H](CC[C@H]2C)[C@@H](C)[C@@H](O)[C@@H]31. The van der Waals surface area contributed by atoms with Crippen molar-refractivity contribution >= 4 is 5.97 Å². The third-order valence-electron chi connectivity index (χ3n) is 6.59. The zero-order valence-electron chi connectivity index (χ0n) is 12.9. The fourth-order valence-electron chi connectivity index (χ4n) is 5.65. The molecule has 0 aromatic carbocycles. The van der Waals surface area contributed by atoms with Crippen LogP contribution in [0, 0.1) is 41.4 Å². The van der Waals surface area contributed by atoms with E-state index in [4.69, 9.17) is 4.74 Å². The molecule has 0 aliphatic heterocycles.